The zero-order valence-corrected chi connectivity index (χ0v) is 9.34. The fraction of sp³-hybridized carbons (Fsp3) is 0.364. The fourth-order valence-corrected chi connectivity index (χ4v) is 1.41. The minimum absolute atomic E-state index is 0.348. The summed E-state index contributed by atoms with van der Waals surface area (Å²) in [6.07, 6.45) is 0. The monoisotopic (exact) mass is 208 g/mol. The molecule has 0 saturated heterocycles. The Morgan fingerprint density at radius 2 is 2.07 bits per heavy atom. The Labute approximate surface area is 89.7 Å². The summed E-state index contributed by atoms with van der Waals surface area (Å²) in [6.45, 7) is 4.14. The summed E-state index contributed by atoms with van der Waals surface area (Å²) in [4.78, 5) is 2.03. The molecule has 1 aromatic rings. The van der Waals surface area contributed by atoms with E-state index in [2.05, 4.69) is 19.9 Å². The molecule has 14 heavy (non-hydrogen) atoms. The molecule has 74 valence electrons. The number of anilines is 1. The van der Waals surface area contributed by atoms with Crippen LogP contribution >= 0.6 is 11.6 Å². The molecule has 0 aliphatic rings. The maximum atomic E-state index is 8.97. The lowest BCUT2D eigenvalue weighted by Crippen LogP contribution is -2.26. The number of nitriles is 1. The summed E-state index contributed by atoms with van der Waals surface area (Å²) in [6, 6.07) is 7.97. The van der Waals surface area contributed by atoms with Crippen LogP contribution in [0, 0.1) is 11.3 Å². The molecule has 0 amide bonds. The van der Waals surface area contributed by atoms with Crippen LogP contribution in [0.2, 0.25) is 5.02 Å². The minimum atomic E-state index is 0.348. The maximum Gasteiger partial charge on any atom is 0.103 e. The Balaban J connectivity index is 3.22. The van der Waals surface area contributed by atoms with Gasteiger partial charge in [0, 0.05) is 13.1 Å². The molecule has 0 radical (unpaired) electrons. The first-order valence-corrected chi connectivity index (χ1v) is 4.87. The highest BCUT2D eigenvalue weighted by Crippen LogP contribution is 2.26. The van der Waals surface area contributed by atoms with Gasteiger partial charge in [-0.05, 0) is 26.0 Å². The van der Waals surface area contributed by atoms with Crippen LogP contribution in [0.25, 0.3) is 0 Å². The van der Waals surface area contributed by atoms with Crippen molar-refractivity contribution in [2.24, 2.45) is 0 Å². The third kappa shape index (κ3) is 2.00. The maximum absolute atomic E-state index is 8.97. The van der Waals surface area contributed by atoms with Gasteiger partial charge in [-0.3, -0.25) is 0 Å². The Morgan fingerprint density at radius 3 is 2.57 bits per heavy atom. The molecular weight excluding hydrogens is 196 g/mol. The molecule has 0 spiro atoms. The Kier molecular flexibility index (Phi) is 3.38. The van der Waals surface area contributed by atoms with Gasteiger partial charge < -0.3 is 4.90 Å². The molecule has 0 unspecified atom stereocenters. The van der Waals surface area contributed by atoms with Gasteiger partial charge in [-0.15, -0.1) is 0 Å². The second kappa shape index (κ2) is 4.34. The molecule has 0 aliphatic carbocycles. The van der Waals surface area contributed by atoms with Gasteiger partial charge >= 0.3 is 0 Å². The van der Waals surface area contributed by atoms with Crippen LogP contribution in [0.4, 0.5) is 5.69 Å². The summed E-state index contributed by atoms with van der Waals surface area (Å²) in [7, 11) is 1.96. The smallest absolute Gasteiger partial charge is 0.103 e. The molecular formula is C11H13ClN2. The van der Waals surface area contributed by atoms with Gasteiger partial charge in [0.1, 0.15) is 6.07 Å². The zero-order chi connectivity index (χ0) is 10.7. The van der Waals surface area contributed by atoms with Crippen molar-refractivity contribution in [3.05, 3.63) is 28.8 Å². The lowest BCUT2D eigenvalue weighted by molar-refractivity contribution is 0.754. The lowest BCUT2D eigenvalue weighted by atomic mass is 10.1. The van der Waals surface area contributed by atoms with Crippen LogP contribution < -0.4 is 4.90 Å². The van der Waals surface area contributed by atoms with Gasteiger partial charge in [0.15, 0.2) is 0 Å². The second-order valence-corrected chi connectivity index (χ2v) is 3.86. The van der Waals surface area contributed by atoms with E-state index < -0.39 is 0 Å². The van der Waals surface area contributed by atoms with Gasteiger partial charge in [0.05, 0.1) is 16.3 Å². The van der Waals surface area contributed by atoms with Crippen molar-refractivity contribution in [2.45, 2.75) is 19.9 Å². The predicted molar refractivity (Wildman–Crippen MR) is 59.7 cm³/mol. The molecule has 0 saturated carbocycles. The van der Waals surface area contributed by atoms with E-state index in [4.69, 9.17) is 16.9 Å². The van der Waals surface area contributed by atoms with Gasteiger partial charge in [-0.2, -0.15) is 5.26 Å². The SMILES string of the molecule is CC(C)N(C)c1cccc(Cl)c1C#N. The summed E-state index contributed by atoms with van der Waals surface area (Å²) in [5.41, 5.74) is 1.43. The van der Waals surface area contributed by atoms with Crippen molar-refractivity contribution >= 4 is 17.3 Å². The van der Waals surface area contributed by atoms with Crippen molar-refractivity contribution in [3.63, 3.8) is 0 Å². The molecule has 0 bridgehead atoms. The number of halogens is 1. The number of rotatable bonds is 2. The average molecular weight is 209 g/mol. The lowest BCUT2D eigenvalue weighted by Gasteiger charge is -2.24. The first-order chi connectivity index (χ1) is 6.57. The third-order valence-corrected chi connectivity index (χ3v) is 2.57. The third-order valence-electron chi connectivity index (χ3n) is 2.26. The molecule has 0 fully saturated rings. The highest BCUT2D eigenvalue weighted by Gasteiger charge is 2.12. The van der Waals surface area contributed by atoms with E-state index in [0.717, 1.165) is 5.69 Å². The zero-order valence-electron chi connectivity index (χ0n) is 8.58. The van der Waals surface area contributed by atoms with Crippen molar-refractivity contribution < 1.29 is 0 Å². The quantitative estimate of drug-likeness (QED) is 0.747. The van der Waals surface area contributed by atoms with E-state index in [-0.39, 0.29) is 0 Å². The second-order valence-electron chi connectivity index (χ2n) is 3.45. The molecule has 1 rings (SSSR count). The van der Waals surface area contributed by atoms with E-state index in [1.807, 2.05) is 24.1 Å². The van der Waals surface area contributed by atoms with Gasteiger partial charge in [0.25, 0.3) is 0 Å². The molecule has 0 N–H and O–H groups in total. The van der Waals surface area contributed by atoms with Crippen LogP contribution in [-0.4, -0.2) is 13.1 Å². The molecule has 1 aromatic carbocycles. The predicted octanol–water partition coefficient (Wildman–Crippen LogP) is 3.06. The summed E-state index contributed by atoms with van der Waals surface area (Å²) in [5.74, 6) is 0. The van der Waals surface area contributed by atoms with E-state index >= 15 is 0 Å². The van der Waals surface area contributed by atoms with Gasteiger partial charge in [-0.25, -0.2) is 0 Å². The van der Waals surface area contributed by atoms with Crippen LogP contribution in [0.5, 0.6) is 0 Å². The Bertz CT molecular complexity index is 366. The fourth-order valence-electron chi connectivity index (χ4n) is 1.20. The minimum Gasteiger partial charge on any atom is -0.371 e. The van der Waals surface area contributed by atoms with E-state index in [1.165, 1.54) is 0 Å². The molecule has 0 aliphatic heterocycles. The van der Waals surface area contributed by atoms with Crippen molar-refractivity contribution in [2.75, 3.05) is 11.9 Å². The number of benzene rings is 1. The highest BCUT2D eigenvalue weighted by atomic mass is 35.5. The van der Waals surface area contributed by atoms with E-state index in [0.29, 0.717) is 16.6 Å². The molecule has 2 nitrogen and oxygen atoms in total. The Morgan fingerprint density at radius 1 is 1.43 bits per heavy atom. The average Bonchev–Trinajstić information content (AvgIpc) is 2.16. The van der Waals surface area contributed by atoms with Crippen LogP contribution in [0.15, 0.2) is 18.2 Å². The van der Waals surface area contributed by atoms with Gasteiger partial charge in [0.2, 0.25) is 0 Å². The van der Waals surface area contributed by atoms with Crippen LogP contribution in [0.1, 0.15) is 19.4 Å². The molecule has 0 atom stereocenters. The number of hydrogen-bond donors (Lipinski definition) is 0. The summed E-state index contributed by atoms with van der Waals surface area (Å²) >= 11 is 5.93. The molecule has 3 heteroatoms. The molecule has 0 aromatic heterocycles. The van der Waals surface area contributed by atoms with Crippen molar-refractivity contribution in [3.8, 4) is 6.07 Å². The number of nitrogens with zero attached hydrogens (tertiary/aromatic N) is 2. The van der Waals surface area contributed by atoms with Gasteiger partial charge in [-0.1, -0.05) is 17.7 Å². The topological polar surface area (TPSA) is 27.0 Å². The Hall–Kier alpha value is -1.20. The number of hydrogen-bond acceptors (Lipinski definition) is 2. The summed E-state index contributed by atoms with van der Waals surface area (Å²) < 4.78 is 0. The summed E-state index contributed by atoms with van der Waals surface area (Å²) in [5, 5.41) is 9.48. The van der Waals surface area contributed by atoms with Crippen LogP contribution in [-0.2, 0) is 0 Å². The van der Waals surface area contributed by atoms with Crippen molar-refractivity contribution in [1.29, 1.82) is 5.26 Å². The van der Waals surface area contributed by atoms with Crippen molar-refractivity contribution in [1.82, 2.24) is 0 Å². The highest BCUT2D eigenvalue weighted by molar-refractivity contribution is 6.32. The normalized spacial score (nSPS) is 10.0. The standard InChI is InChI=1S/C11H13ClN2/c1-8(2)14(3)11-6-4-5-10(12)9(11)7-13/h4-6,8H,1-3H3. The first kappa shape index (κ1) is 10.9. The van der Waals surface area contributed by atoms with E-state index in [1.54, 1.807) is 6.07 Å². The first-order valence-electron chi connectivity index (χ1n) is 4.49. The van der Waals surface area contributed by atoms with Crippen LogP contribution in [0.3, 0.4) is 0 Å². The molecule has 0 heterocycles. The largest absolute Gasteiger partial charge is 0.371 e. The van der Waals surface area contributed by atoms with E-state index in [9.17, 15) is 0 Å².